The molecule has 0 bridgehead atoms. The number of hydrogen-bond donors (Lipinski definition) is 2. The SMILES string of the molecule is O=C(NCc1ccc(-c2cccnc2)nc1)c1c[nH]c2ccccc12. The number of H-pyrrole nitrogens is 1. The highest BCUT2D eigenvalue weighted by Crippen LogP contribution is 2.18. The van der Waals surface area contributed by atoms with Crippen LogP contribution in [0.1, 0.15) is 15.9 Å². The summed E-state index contributed by atoms with van der Waals surface area (Å²) in [5.74, 6) is -0.103. The number of benzene rings is 1. The first kappa shape index (κ1) is 15.1. The Balaban J connectivity index is 1.45. The molecular weight excluding hydrogens is 312 g/mol. The van der Waals surface area contributed by atoms with Gasteiger partial charge in [0.05, 0.1) is 11.3 Å². The Bertz CT molecular complexity index is 1010. The van der Waals surface area contributed by atoms with E-state index in [-0.39, 0.29) is 5.91 Å². The number of hydrogen-bond acceptors (Lipinski definition) is 3. The second kappa shape index (κ2) is 6.57. The van der Waals surface area contributed by atoms with E-state index in [4.69, 9.17) is 0 Å². The first-order valence-corrected chi connectivity index (χ1v) is 8.01. The van der Waals surface area contributed by atoms with E-state index in [0.29, 0.717) is 12.1 Å². The van der Waals surface area contributed by atoms with Gasteiger partial charge in [0, 0.05) is 47.8 Å². The van der Waals surface area contributed by atoms with Crippen molar-refractivity contribution in [3.63, 3.8) is 0 Å². The number of rotatable bonds is 4. The molecule has 0 radical (unpaired) electrons. The molecule has 2 N–H and O–H groups in total. The lowest BCUT2D eigenvalue weighted by Gasteiger charge is -2.06. The van der Waals surface area contributed by atoms with Crippen LogP contribution in [0.15, 0.2) is 73.3 Å². The summed E-state index contributed by atoms with van der Waals surface area (Å²) in [5.41, 5.74) is 4.38. The molecular formula is C20H16N4O. The van der Waals surface area contributed by atoms with Crippen LogP contribution in [0.3, 0.4) is 0 Å². The molecule has 4 aromatic rings. The lowest BCUT2D eigenvalue weighted by molar-refractivity contribution is 0.0952. The average molecular weight is 328 g/mol. The molecule has 0 fully saturated rings. The van der Waals surface area contributed by atoms with Crippen molar-refractivity contribution in [1.29, 1.82) is 0 Å². The van der Waals surface area contributed by atoms with Gasteiger partial charge in [0.2, 0.25) is 0 Å². The molecule has 1 amide bonds. The van der Waals surface area contributed by atoms with E-state index >= 15 is 0 Å². The Morgan fingerprint density at radius 1 is 1.04 bits per heavy atom. The monoisotopic (exact) mass is 328 g/mol. The highest BCUT2D eigenvalue weighted by molar-refractivity contribution is 6.06. The number of carbonyl (C=O) groups is 1. The number of aromatic amines is 1. The largest absolute Gasteiger partial charge is 0.360 e. The number of para-hydroxylation sites is 1. The third kappa shape index (κ3) is 3.12. The van der Waals surface area contributed by atoms with Crippen molar-refractivity contribution in [2.75, 3.05) is 0 Å². The zero-order valence-corrected chi connectivity index (χ0v) is 13.4. The summed E-state index contributed by atoms with van der Waals surface area (Å²) >= 11 is 0. The van der Waals surface area contributed by atoms with Crippen LogP contribution in [0.2, 0.25) is 0 Å². The Labute approximate surface area is 144 Å². The van der Waals surface area contributed by atoms with Gasteiger partial charge in [0.25, 0.3) is 5.91 Å². The number of nitrogens with zero attached hydrogens (tertiary/aromatic N) is 2. The van der Waals surface area contributed by atoms with E-state index in [1.54, 1.807) is 24.8 Å². The van der Waals surface area contributed by atoms with Crippen molar-refractivity contribution in [3.05, 3.63) is 84.4 Å². The van der Waals surface area contributed by atoms with Gasteiger partial charge in [-0.05, 0) is 29.8 Å². The zero-order valence-electron chi connectivity index (χ0n) is 13.4. The molecule has 0 aliphatic rings. The summed E-state index contributed by atoms with van der Waals surface area (Å²) in [7, 11) is 0. The van der Waals surface area contributed by atoms with Crippen molar-refractivity contribution in [2.45, 2.75) is 6.54 Å². The van der Waals surface area contributed by atoms with Gasteiger partial charge in [-0.15, -0.1) is 0 Å². The quantitative estimate of drug-likeness (QED) is 0.602. The molecule has 0 unspecified atom stereocenters. The number of amides is 1. The molecule has 0 atom stereocenters. The lowest BCUT2D eigenvalue weighted by Crippen LogP contribution is -2.22. The molecule has 0 aliphatic heterocycles. The van der Waals surface area contributed by atoms with E-state index in [0.717, 1.165) is 27.7 Å². The molecule has 3 heterocycles. The number of fused-ring (bicyclic) bond motifs is 1. The third-order valence-electron chi connectivity index (χ3n) is 4.07. The van der Waals surface area contributed by atoms with Crippen molar-refractivity contribution in [3.8, 4) is 11.3 Å². The fourth-order valence-electron chi connectivity index (χ4n) is 2.75. The minimum atomic E-state index is -0.103. The van der Waals surface area contributed by atoms with E-state index < -0.39 is 0 Å². The summed E-state index contributed by atoms with van der Waals surface area (Å²) in [6.45, 7) is 0.429. The van der Waals surface area contributed by atoms with Gasteiger partial charge in [-0.1, -0.05) is 24.3 Å². The van der Waals surface area contributed by atoms with Crippen LogP contribution in [0.4, 0.5) is 0 Å². The van der Waals surface area contributed by atoms with Crippen LogP contribution < -0.4 is 5.32 Å². The van der Waals surface area contributed by atoms with Crippen LogP contribution in [-0.2, 0) is 6.54 Å². The predicted octanol–water partition coefficient (Wildman–Crippen LogP) is 3.55. The highest BCUT2D eigenvalue weighted by Gasteiger charge is 2.11. The fourth-order valence-corrected chi connectivity index (χ4v) is 2.75. The maximum Gasteiger partial charge on any atom is 0.253 e. The smallest absolute Gasteiger partial charge is 0.253 e. The molecule has 5 heteroatoms. The van der Waals surface area contributed by atoms with Gasteiger partial charge in [0.1, 0.15) is 0 Å². The van der Waals surface area contributed by atoms with Gasteiger partial charge in [-0.25, -0.2) is 0 Å². The standard InChI is InChI=1S/C20H16N4O/c25-20(17-13-23-19-6-2-1-5-16(17)19)24-11-14-7-8-18(22-10-14)15-4-3-9-21-12-15/h1-10,12-13,23H,11H2,(H,24,25). The first-order valence-electron chi connectivity index (χ1n) is 8.01. The van der Waals surface area contributed by atoms with Crippen molar-refractivity contribution in [1.82, 2.24) is 20.3 Å². The van der Waals surface area contributed by atoms with Crippen molar-refractivity contribution < 1.29 is 4.79 Å². The van der Waals surface area contributed by atoms with Gasteiger partial charge >= 0.3 is 0 Å². The van der Waals surface area contributed by atoms with Gasteiger partial charge in [0.15, 0.2) is 0 Å². The lowest BCUT2D eigenvalue weighted by atomic mass is 10.1. The van der Waals surface area contributed by atoms with Crippen molar-refractivity contribution >= 4 is 16.8 Å². The maximum atomic E-state index is 12.4. The Morgan fingerprint density at radius 3 is 2.76 bits per heavy atom. The number of carbonyl (C=O) groups excluding carboxylic acids is 1. The van der Waals surface area contributed by atoms with Crippen LogP contribution in [-0.4, -0.2) is 20.9 Å². The van der Waals surface area contributed by atoms with E-state index in [1.807, 2.05) is 48.5 Å². The summed E-state index contributed by atoms with van der Waals surface area (Å²) < 4.78 is 0. The molecule has 0 saturated heterocycles. The summed E-state index contributed by atoms with van der Waals surface area (Å²) in [4.78, 5) is 24.1. The number of aromatic nitrogens is 3. The van der Waals surface area contributed by atoms with Gasteiger partial charge < -0.3 is 10.3 Å². The Hall–Kier alpha value is -3.47. The second-order valence-electron chi connectivity index (χ2n) is 5.72. The molecule has 3 aromatic heterocycles. The minimum absolute atomic E-state index is 0.103. The Kier molecular flexibility index (Phi) is 3.96. The normalized spacial score (nSPS) is 10.7. The summed E-state index contributed by atoms with van der Waals surface area (Å²) in [6, 6.07) is 15.5. The fraction of sp³-hybridized carbons (Fsp3) is 0.0500. The molecule has 5 nitrogen and oxygen atoms in total. The van der Waals surface area contributed by atoms with Crippen LogP contribution >= 0.6 is 0 Å². The van der Waals surface area contributed by atoms with E-state index in [2.05, 4.69) is 20.3 Å². The number of pyridine rings is 2. The third-order valence-corrected chi connectivity index (χ3v) is 4.07. The molecule has 122 valence electrons. The zero-order chi connectivity index (χ0) is 17.1. The molecule has 0 aliphatic carbocycles. The van der Waals surface area contributed by atoms with Crippen LogP contribution in [0.5, 0.6) is 0 Å². The van der Waals surface area contributed by atoms with Gasteiger partial charge in [-0.2, -0.15) is 0 Å². The minimum Gasteiger partial charge on any atom is -0.360 e. The van der Waals surface area contributed by atoms with Gasteiger partial charge in [-0.3, -0.25) is 14.8 Å². The summed E-state index contributed by atoms with van der Waals surface area (Å²) in [6.07, 6.45) is 7.03. The predicted molar refractivity (Wildman–Crippen MR) is 96.9 cm³/mol. The number of nitrogens with one attached hydrogen (secondary N) is 2. The molecule has 1 aromatic carbocycles. The van der Waals surface area contributed by atoms with E-state index in [1.165, 1.54) is 0 Å². The Morgan fingerprint density at radius 2 is 1.96 bits per heavy atom. The maximum absolute atomic E-state index is 12.4. The molecule has 0 spiro atoms. The first-order chi connectivity index (χ1) is 12.3. The van der Waals surface area contributed by atoms with Crippen LogP contribution in [0.25, 0.3) is 22.2 Å². The summed E-state index contributed by atoms with van der Waals surface area (Å²) in [5, 5.41) is 3.86. The van der Waals surface area contributed by atoms with Crippen LogP contribution in [0, 0.1) is 0 Å². The topological polar surface area (TPSA) is 70.7 Å². The average Bonchev–Trinajstić information content (AvgIpc) is 3.11. The molecule has 25 heavy (non-hydrogen) atoms. The highest BCUT2D eigenvalue weighted by atomic mass is 16.1. The second-order valence-corrected chi connectivity index (χ2v) is 5.72. The molecule has 4 rings (SSSR count). The van der Waals surface area contributed by atoms with Crippen molar-refractivity contribution in [2.24, 2.45) is 0 Å². The molecule has 0 saturated carbocycles. The van der Waals surface area contributed by atoms with E-state index in [9.17, 15) is 4.79 Å².